The highest BCUT2D eigenvalue weighted by atomic mass is 16.5. The summed E-state index contributed by atoms with van der Waals surface area (Å²) in [6, 6.07) is -0.727. The minimum Gasteiger partial charge on any atom is -0.476 e. The van der Waals surface area contributed by atoms with Crippen molar-refractivity contribution in [1.82, 2.24) is 20.6 Å². The summed E-state index contributed by atoms with van der Waals surface area (Å²) in [6.45, 7) is 4.58. The van der Waals surface area contributed by atoms with E-state index in [0.29, 0.717) is 19.6 Å². The summed E-state index contributed by atoms with van der Waals surface area (Å²) in [7, 11) is 1.53. The molecule has 3 N–H and O–H groups in total. The van der Waals surface area contributed by atoms with E-state index in [2.05, 4.69) is 20.6 Å². The summed E-state index contributed by atoms with van der Waals surface area (Å²) in [6.07, 6.45) is 2.51. The molecule has 0 bridgehead atoms. The third-order valence-corrected chi connectivity index (χ3v) is 3.04. The van der Waals surface area contributed by atoms with Crippen molar-refractivity contribution in [2.24, 2.45) is 5.92 Å². The number of ether oxygens (including phenoxy) is 1. The Balaban J connectivity index is 2.75. The Bertz CT molecular complexity index is 574. The summed E-state index contributed by atoms with van der Waals surface area (Å²) in [5.74, 6) is -1.95. The molecule has 1 rings (SSSR count). The van der Waals surface area contributed by atoms with Gasteiger partial charge in [0.2, 0.25) is 5.91 Å². The van der Waals surface area contributed by atoms with Gasteiger partial charge in [0, 0.05) is 13.7 Å². The van der Waals surface area contributed by atoms with Crippen LogP contribution in [0.25, 0.3) is 0 Å². The van der Waals surface area contributed by atoms with Crippen LogP contribution in [0.5, 0.6) is 0 Å². The van der Waals surface area contributed by atoms with Crippen LogP contribution in [0.15, 0.2) is 12.4 Å². The number of rotatable bonds is 9. The minimum absolute atomic E-state index is 0.0570. The second-order valence-electron chi connectivity index (χ2n) is 5.53. The van der Waals surface area contributed by atoms with Gasteiger partial charge in [-0.15, -0.1) is 0 Å². The highest BCUT2D eigenvalue weighted by molar-refractivity contribution is 5.96. The Hall–Kier alpha value is -2.55. The third kappa shape index (κ3) is 6.29. The van der Waals surface area contributed by atoms with Gasteiger partial charge in [0.05, 0.1) is 19.0 Å². The average Bonchev–Trinajstić information content (AvgIpc) is 2.54. The maximum Gasteiger partial charge on any atom is 0.356 e. The van der Waals surface area contributed by atoms with Gasteiger partial charge in [-0.1, -0.05) is 13.8 Å². The molecule has 0 saturated carbocycles. The molecule has 1 atom stereocenters. The first-order valence-electron chi connectivity index (χ1n) is 7.48. The number of hydrogen-bond donors (Lipinski definition) is 3. The second-order valence-corrected chi connectivity index (χ2v) is 5.53. The number of carbonyl (C=O) groups is 3. The molecule has 9 heteroatoms. The van der Waals surface area contributed by atoms with E-state index in [-0.39, 0.29) is 23.2 Å². The number of nitrogens with zero attached hydrogens (tertiary/aromatic N) is 2. The molecule has 0 unspecified atom stereocenters. The Morgan fingerprint density at radius 1 is 1.21 bits per heavy atom. The van der Waals surface area contributed by atoms with Crippen molar-refractivity contribution < 1.29 is 24.2 Å². The zero-order valence-corrected chi connectivity index (χ0v) is 13.9. The average molecular weight is 338 g/mol. The van der Waals surface area contributed by atoms with Gasteiger partial charge < -0.3 is 20.5 Å². The normalized spacial score (nSPS) is 11.8. The smallest absolute Gasteiger partial charge is 0.356 e. The summed E-state index contributed by atoms with van der Waals surface area (Å²) < 4.78 is 4.87. The molecule has 0 aliphatic heterocycles. The Labute approximate surface area is 139 Å². The maximum atomic E-state index is 12.2. The predicted octanol–water partition coefficient (Wildman–Crippen LogP) is 0.0819. The van der Waals surface area contributed by atoms with Crippen LogP contribution >= 0.6 is 0 Å². The van der Waals surface area contributed by atoms with Gasteiger partial charge in [0.25, 0.3) is 5.91 Å². The standard InChI is InChI=1S/C15H22N4O5/c1-9(2)6-10(13(20)16-4-5-24-3)19-14(21)11-7-18-12(8-17-11)15(22)23/h7-10H,4-6H2,1-3H3,(H,16,20)(H,19,21)(H,22,23)/t10-/m0/s1. The summed E-state index contributed by atoms with van der Waals surface area (Å²) in [5, 5.41) is 14.0. The molecular formula is C15H22N4O5. The highest BCUT2D eigenvalue weighted by Crippen LogP contribution is 2.06. The molecule has 0 saturated heterocycles. The molecule has 24 heavy (non-hydrogen) atoms. The maximum absolute atomic E-state index is 12.2. The van der Waals surface area contributed by atoms with Crippen LogP contribution in [0, 0.1) is 5.92 Å². The van der Waals surface area contributed by atoms with Crippen molar-refractivity contribution in [1.29, 1.82) is 0 Å². The Morgan fingerprint density at radius 2 is 1.83 bits per heavy atom. The quantitative estimate of drug-likeness (QED) is 0.544. The van der Waals surface area contributed by atoms with E-state index < -0.39 is 17.9 Å². The fraction of sp³-hybridized carbons (Fsp3) is 0.533. The number of amides is 2. The van der Waals surface area contributed by atoms with Crippen molar-refractivity contribution in [3.8, 4) is 0 Å². The van der Waals surface area contributed by atoms with Crippen molar-refractivity contribution in [2.45, 2.75) is 26.3 Å². The third-order valence-electron chi connectivity index (χ3n) is 3.04. The lowest BCUT2D eigenvalue weighted by Crippen LogP contribution is -2.48. The minimum atomic E-state index is -1.23. The fourth-order valence-electron chi connectivity index (χ4n) is 1.89. The molecule has 2 amide bonds. The van der Waals surface area contributed by atoms with E-state index in [1.807, 2.05) is 13.8 Å². The van der Waals surface area contributed by atoms with Gasteiger partial charge in [-0.05, 0) is 12.3 Å². The number of methoxy groups -OCH3 is 1. The molecule has 1 aromatic heterocycles. The summed E-state index contributed by atoms with van der Waals surface area (Å²) in [4.78, 5) is 42.5. The number of carboxylic acid groups (broad SMARTS) is 1. The van der Waals surface area contributed by atoms with Crippen molar-refractivity contribution in [2.75, 3.05) is 20.3 Å². The first-order valence-corrected chi connectivity index (χ1v) is 7.48. The van der Waals surface area contributed by atoms with Gasteiger partial charge in [-0.2, -0.15) is 0 Å². The molecule has 0 aliphatic rings. The summed E-state index contributed by atoms with van der Waals surface area (Å²) >= 11 is 0. The van der Waals surface area contributed by atoms with Crippen LogP contribution in [0.4, 0.5) is 0 Å². The van der Waals surface area contributed by atoms with Crippen LogP contribution in [-0.4, -0.2) is 59.2 Å². The number of carbonyl (C=O) groups excluding carboxylic acids is 2. The van der Waals surface area contributed by atoms with E-state index >= 15 is 0 Å². The number of hydrogen-bond acceptors (Lipinski definition) is 6. The van der Waals surface area contributed by atoms with Gasteiger partial charge >= 0.3 is 5.97 Å². The SMILES string of the molecule is COCCNC(=O)[C@H](CC(C)C)NC(=O)c1cnc(C(=O)O)cn1. The van der Waals surface area contributed by atoms with Crippen LogP contribution in [0.2, 0.25) is 0 Å². The lowest BCUT2D eigenvalue weighted by atomic mass is 10.0. The van der Waals surface area contributed by atoms with Crippen LogP contribution < -0.4 is 10.6 Å². The predicted molar refractivity (Wildman–Crippen MR) is 84.6 cm³/mol. The fourth-order valence-corrected chi connectivity index (χ4v) is 1.89. The first kappa shape index (κ1) is 19.5. The van der Waals surface area contributed by atoms with E-state index in [0.717, 1.165) is 12.4 Å². The first-order chi connectivity index (χ1) is 11.3. The monoisotopic (exact) mass is 338 g/mol. The lowest BCUT2D eigenvalue weighted by molar-refractivity contribution is -0.123. The Morgan fingerprint density at radius 3 is 2.33 bits per heavy atom. The zero-order chi connectivity index (χ0) is 18.1. The van der Waals surface area contributed by atoms with E-state index in [4.69, 9.17) is 9.84 Å². The molecule has 0 radical (unpaired) electrons. The molecule has 9 nitrogen and oxygen atoms in total. The number of nitrogens with one attached hydrogen (secondary N) is 2. The lowest BCUT2D eigenvalue weighted by Gasteiger charge is -2.20. The van der Waals surface area contributed by atoms with Crippen LogP contribution in [0.1, 0.15) is 41.2 Å². The van der Waals surface area contributed by atoms with E-state index in [1.54, 1.807) is 0 Å². The van der Waals surface area contributed by atoms with Gasteiger partial charge in [0.15, 0.2) is 5.69 Å². The van der Waals surface area contributed by atoms with Crippen molar-refractivity contribution in [3.63, 3.8) is 0 Å². The molecule has 0 aromatic carbocycles. The van der Waals surface area contributed by atoms with Gasteiger partial charge in [-0.3, -0.25) is 9.59 Å². The zero-order valence-electron chi connectivity index (χ0n) is 13.9. The van der Waals surface area contributed by atoms with Crippen LogP contribution in [0.3, 0.4) is 0 Å². The second kappa shape index (κ2) is 9.56. The van der Waals surface area contributed by atoms with Gasteiger partial charge in [0.1, 0.15) is 11.7 Å². The number of aromatic nitrogens is 2. The van der Waals surface area contributed by atoms with Crippen molar-refractivity contribution in [3.05, 3.63) is 23.8 Å². The summed E-state index contributed by atoms with van der Waals surface area (Å²) in [5.41, 5.74) is -0.318. The largest absolute Gasteiger partial charge is 0.476 e. The molecule has 0 spiro atoms. The molecule has 0 fully saturated rings. The number of carboxylic acids is 1. The van der Waals surface area contributed by atoms with E-state index in [1.165, 1.54) is 7.11 Å². The molecular weight excluding hydrogens is 316 g/mol. The number of aromatic carboxylic acids is 1. The molecule has 1 heterocycles. The highest BCUT2D eigenvalue weighted by Gasteiger charge is 2.23. The molecule has 0 aliphatic carbocycles. The topological polar surface area (TPSA) is 131 Å². The Kier molecular flexibility index (Phi) is 7.76. The van der Waals surface area contributed by atoms with E-state index in [9.17, 15) is 14.4 Å². The van der Waals surface area contributed by atoms with Crippen molar-refractivity contribution >= 4 is 17.8 Å². The van der Waals surface area contributed by atoms with Crippen LogP contribution in [-0.2, 0) is 9.53 Å². The molecule has 132 valence electrons. The van der Waals surface area contributed by atoms with Gasteiger partial charge in [-0.25, -0.2) is 14.8 Å². The molecule has 1 aromatic rings.